The molecule has 1 aromatic heterocycles. The van der Waals surface area contributed by atoms with Gasteiger partial charge in [-0.25, -0.2) is 9.78 Å². The zero-order chi connectivity index (χ0) is 11.9. The maximum atomic E-state index is 13.2. The van der Waals surface area contributed by atoms with Crippen LogP contribution in [0.25, 0.3) is 11.0 Å². The van der Waals surface area contributed by atoms with E-state index < -0.39 is 17.5 Å². The molecule has 2 aromatic rings. The molecule has 2 rings (SSSR count). The molecule has 2 N–H and O–H groups in total. The lowest BCUT2D eigenvalue weighted by atomic mass is 10.1. The average molecular weight is 226 g/mol. The molecule has 0 aliphatic heterocycles. The van der Waals surface area contributed by atoms with E-state index in [1.54, 1.807) is 6.92 Å². The van der Waals surface area contributed by atoms with E-state index in [0.717, 1.165) is 12.1 Å². The summed E-state index contributed by atoms with van der Waals surface area (Å²) in [5, 5.41) is 8.40. The minimum absolute atomic E-state index is 0.399. The number of imidazole rings is 1. The first-order valence-electron chi connectivity index (χ1n) is 4.49. The number of hydrogen-bond acceptors (Lipinski definition) is 2. The van der Waals surface area contributed by atoms with Gasteiger partial charge in [0.15, 0.2) is 0 Å². The van der Waals surface area contributed by atoms with Crippen LogP contribution in [0.15, 0.2) is 18.2 Å². The number of hydrogen-bond donors (Lipinski definition) is 2. The lowest BCUT2D eigenvalue weighted by Crippen LogP contribution is -2.25. The van der Waals surface area contributed by atoms with E-state index in [2.05, 4.69) is 9.97 Å². The van der Waals surface area contributed by atoms with Gasteiger partial charge in [0.2, 0.25) is 0 Å². The van der Waals surface area contributed by atoms with Gasteiger partial charge in [0, 0.05) is 5.56 Å². The Morgan fingerprint density at radius 1 is 1.50 bits per heavy atom. The lowest BCUT2D eigenvalue weighted by molar-refractivity contribution is -0.166. The molecule has 0 spiro atoms. The van der Waals surface area contributed by atoms with Crippen molar-refractivity contribution < 1.29 is 18.7 Å². The number of aliphatic carboxylic acids is 1. The number of carboxylic acid groups (broad SMARTS) is 1. The molecule has 0 unspecified atom stereocenters. The van der Waals surface area contributed by atoms with Crippen molar-refractivity contribution >= 4 is 17.0 Å². The van der Waals surface area contributed by atoms with E-state index in [1.165, 1.54) is 6.07 Å². The normalized spacial score (nSPS) is 11.9. The SMILES string of the molecule is Cc1nc2ccc(C(F)(F)C(=O)O)cc2[nH]1. The van der Waals surface area contributed by atoms with Crippen LogP contribution in [-0.2, 0) is 10.7 Å². The largest absolute Gasteiger partial charge is 0.477 e. The minimum atomic E-state index is -3.88. The van der Waals surface area contributed by atoms with Gasteiger partial charge in [-0.1, -0.05) is 6.07 Å². The number of fused-ring (bicyclic) bond motifs is 1. The zero-order valence-electron chi connectivity index (χ0n) is 8.29. The predicted molar refractivity (Wildman–Crippen MR) is 52.4 cm³/mol. The average Bonchev–Trinajstić information content (AvgIpc) is 2.56. The number of aryl methyl sites for hydroxylation is 1. The first kappa shape index (κ1) is 10.5. The predicted octanol–water partition coefficient (Wildman–Crippen LogP) is 2.05. The first-order valence-corrected chi connectivity index (χ1v) is 4.49. The highest BCUT2D eigenvalue weighted by molar-refractivity contribution is 5.81. The fourth-order valence-corrected chi connectivity index (χ4v) is 1.46. The van der Waals surface area contributed by atoms with Crippen molar-refractivity contribution in [3.05, 3.63) is 29.6 Å². The number of aromatic amines is 1. The molecule has 0 saturated heterocycles. The van der Waals surface area contributed by atoms with E-state index in [-0.39, 0.29) is 0 Å². The van der Waals surface area contributed by atoms with Crippen LogP contribution in [0.5, 0.6) is 0 Å². The fraction of sp³-hybridized carbons (Fsp3) is 0.200. The Morgan fingerprint density at radius 2 is 2.19 bits per heavy atom. The van der Waals surface area contributed by atoms with Crippen LogP contribution in [0.1, 0.15) is 11.4 Å². The molecule has 0 atom stereocenters. The second-order valence-electron chi connectivity index (χ2n) is 3.43. The molecule has 0 amide bonds. The molecule has 1 heterocycles. The van der Waals surface area contributed by atoms with Crippen molar-refractivity contribution in [1.29, 1.82) is 0 Å². The third-order valence-electron chi connectivity index (χ3n) is 2.23. The fourth-order valence-electron chi connectivity index (χ4n) is 1.46. The van der Waals surface area contributed by atoms with Crippen LogP contribution in [0.2, 0.25) is 0 Å². The number of alkyl halides is 2. The molecule has 4 nitrogen and oxygen atoms in total. The molecule has 6 heteroatoms. The summed E-state index contributed by atoms with van der Waals surface area (Å²) in [7, 11) is 0. The quantitative estimate of drug-likeness (QED) is 0.823. The second-order valence-corrected chi connectivity index (χ2v) is 3.43. The lowest BCUT2D eigenvalue weighted by Gasteiger charge is -2.10. The summed E-state index contributed by atoms with van der Waals surface area (Å²) in [6.07, 6.45) is 0. The molecular formula is C10H8F2N2O2. The number of H-pyrrole nitrogens is 1. The van der Waals surface area contributed by atoms with Gasteiger partial charge in [0.25, 0.3) is 0 Å². The third-order valence-corrected chi connectivity index (χ3v) is 2.23. The van der Waals surface area contributed by atoms with E-state index in [1.807, 2.05) is 0 Å². The highest BCUT2D eigenvalue weighted by atomic mass is 19.3. The molecule has 0 aliphatic rings. The van der Waals surface area contributed by atoms with Crippen molar-refractivity contribution in [3.63, 3.8) is 0 Å². The molecule has 16 heavy (non-hydrogen) atoms. The van der Waals surface area contributed by atoms with Gasteiger partial charge in [0.1, 0.15) is 5.82 Å². The third kappa shape index (κ3) is 1.52. The number of aromatic nitrogens is 2. The summed E-state index contributed by atoms with van der Waals surface area (Å²) in [4.78, 5) is 17.2. The van der Waals surface area contributed by atoms with Crippen LogP contribution in [0.3, 0.4) is 0 Å². The minimum Gasteiger partial charge on any atom is -0.477 e. The molecule has 0 saturated carbocycles. The Bertz CT molecular complexity index is 563. The van der Waals surface area contributed by atoms with Crippen LogP contribution >= 0.6 is 0 Å². The van der Waals surface area contributed by atoms with Gasteiger partial charge in [-0.05, 0) is 19.1 Å². The van der Waals surface area contributed by atoms with E-state index >= 15 is 0 Å². The van der Waals surface area contributed by atoms with Gasteiger partial charge in [-0.2, -0.15) is 8.78 Å². The molecular weight excluding hydrogens is 218 g/mol. The van der Waals surface area contributed by atoms with Crippen LogP contribution in [0.4, 0.5) is 8.78 Å². The van der Waals surface area contributed by atoms with Gasteiger partial charge < -0.3 is 10.1 Å². The van der Waals surface area contributed by atoms with Crippen molar-refractivity contribution in [2.45, 2.75) is 12.8 Å². The summed E-state index contributed by atoms with van der Waals surface area (Å²) in [6, 6.07) is 3.53. The zero-order valence-corrected chi connectivity index (χ0v) is 8.29. The molecule has 0 bridgehead atoms. The Kier molecular flexibility index (Phi) is 2.15. The maximum absolute atomic E-state index is 13.2. The monoisotopic (exact) mass is 226 g/mol. The summed E-state index contributed by atoms with van der Waals surface area (Å²) in [5.41, 5.74) is 0.370. The van der Waals surface area contributed by atoms with Crippen molar-refractivity contribution in [2.75, 3.05) is 0 Å². The molecule has 0 fully saturated rings. The van der Waals surface area contributed by atoms with Crippen molar-refractivity contribution in [1.82, 2.24) is 9.97 Å². The van der Waals surface area contributed by atoms with E-state index in [0.29, 0.717) is 16.9 Å². The molecule has 0 aliphatic carbocycles. The molecule has 1 aromatic carbocycles. The summed E-state index contributed by atoms with van der Waals surface area (Å²) in [5.74, 6) is -5.46. The first-order chi connectivity index (χ1) is 7.41. The van der Waals surface area contributed by atoms with Gasteiger partial charge >= 0.3 is 11.9 Å². The van der Waals surface area contributed by atoms with Crippen LogP contribution < -0.4 is 0 Å². The topological polar surface area (TPSA) is 66.0 Å². The van der Waals surface area contributed by atoms with E-state index in [4.69, 9.17) is 5.11 Å². The smallest absolute Gasteiger partial charge is 0.379 e. The highest BCUT2D eigenvalue weighted by Gasteiger charge is 2.41. The summed E-state index contributed by atoms with van der Waals surface area (Å²) >= 11 is 0. The van der Waals surface area contributed by atoms with Crippen LogP contribution in [0, 0.1) is 6.92 Å². The maximum Gasteiger partial charge on any atom is 0.379 e. The number of rotatable bonds is 2. The van der Waals surface area contributed by atoms with Gasteiger partial charge in [0.05, 0.1) is 11.0 Å². The van der Waals surface area contributed by atoms with E-state index in [9.17, 15) is 13.6 Å². The Morgan fingerprint density at radius 3 is 2.81 bits per heavy atom. The van der Waals surface area contributed by atoms with Crippen molar-refractivity contribution in [3.8, 4) is 0 Å². The summed E-state index contributed by atoms with van der Waals surface area (Å²) < 4.78 is 26.4. The highest BCUT2D eigenvalue weighted by Crippen LogP contribution is 2.29. The van der Waals surface area contributed by atoms with Crippen molar-refractivity contribution in [2.24, 2.45) is 0 Å². The number of nitrogens with zero attached hydrogens (tertiary/aromatic N) is 1. The number of benzene rings is 1. The van der Waals surface area contributed by atoms with Gasteiger partial charge in [-0.15, -0.1) is 0 Å². The standard InChI is InChI=1S/C10H8F2N2O2/c1-5-13-7-3-2-6(4-8(7)14-5)10(11,12)9(15)16/h2-4H,1H3,(H,13,14)(H,15,16). The van der Waals surface area contributed by atoms with Gasteiger partial charge in [-0.3, -0.25) is 0 Å². The number of halogens is 2. The Hall–Kier alpha value is -1.98. The second kappa shape index (κ2) is 3.26. The Labute approximate surface area is 88.9 Å². The summed E-state index contributed by atoms with van der Waals surface area (Å²) in [6.45, 7) is 1.69. The van der Waals surface area contributed by atoms with Crippen LogP contribution in [-0.4, -0.2) is 21.0 Å². The molecule has 84 valence electrons. The number of carbonyl (C=O) groups is 1. The number of carboxylic acids is 1. The Balaban J connectivity index is 2.58. The number of nitrogens with one attached hydrogen (secondary N) is 1. The molecule has 0 radical (unpaired) electrons.